The molecule has 0 radical (unpaired) electrons. The molecule has 0 atom stereocenters. The van der Waals surface area contributed by atoms with Crippen molar-refractivity contribution in [1.82, 2.24) is 10.6 Å². The molecule has 0 aliphatic heterocycles. The third kappa shape index (κ3) is 6.29. The van der Waals surface area contributed by atoms with E-state index in [2.05, 4.69) is 10.1 Å². The van der Waals surface area contributed by atoms with Gasteiger partial charge in [0.05, 0.1) is 0 Å². The first-order chi connectivity index (χ1) is 9.92. The molecule has 21 heavy (non-hydrogen) atoms. The molecule has 0 aliphatic rings. The number of hydrogen-bond donors (Lipinski definition) is 2. The first-order valence-corrected chi connectivity index (χ1v) is 6.49. The lowest BCUT2D eigenvalue weighted by molar-refractivity contribution is -0.143. The van der Waals surface area contributed by atoms with Crippen LogP contribution in [0.5, 0.6) is 0 Å². The van der Waals surface area contributed by atoms with E-state index in [9.17, 15) is 14.4 Å². The van der Waals surface area contributed by atoms with Crippen LogP contribution in [0.25, 0.3) is 6.08 Å². The number of ether oxygens (including phenoxy) is 1. The van der Waals surface area contributed by atoms with Crippen molar-refractivity contribution in [2.45, 2.75) is 0 Å². The zero-order chi connectivity index (χ0) is 15.8. The first-order valence-electron chi connectivity index (χ1n) is 5.74. The van der Waals surface area contributed by atoms with Gasteiger partial charge in [-0.3, -0.25) is 10.1 Å². The van der Waals surface area contributed by atoms with E-state index in [-0.39, 0.29) is 0 Å². The van der Waals surface area contributed by atoms with E-state index in [0.717, 1.165) is 6.08 Å². The highest BCUT2D eigenvalue weighted by Gasteiger charge is 2.08. The zero-order valence-electron chi connectivity index (χ0n) is 11.0. The van der Waals surface area contributed by atoms with E-state index in [1.54, 1.807) is 12.1 Å². The highest BCUT2D eigenvalue weighted by molar-refractivity contribution is 6.35. The Bertz CT molecular complexity index is 588. The number of amides is 3. The fourth-order valence-electron chi connectivity index (χ4n) is 1.20. The van der Waals surface area contributed by atoms with Gasteiger partial charge in [0.15, 0.2) is 6.61 Å². The zero-order valence-corrected chi connectivity index (χ0v) is 12.5. The quantitative estimate of drug-likeness (QED) is 0.653. The lowest BCUT2D eigenvalue weighted by Gasteiger charge is -2.03. The summed E-state index contributed by atoms with van der Waals surface area (Å²) in [6.07, 6.45) is 2.54. The van der Waals surface area contributed by atoms with Crippen LogP contribution in [0, 0.1) is 0 Å². The standard InChI is InChI=1S/C13H12Cl2N2O4/c1-16-13(20)17-11(18)7-21-12(19)5-3-8-2-4-9(14)6-10(8)15/h2-6H,7H2,1H3,(H2,16,17,18,20)/b5-3+. The first kappa shape index (κ1) is 17.0. The molecule has 8 heteroatoms. The number of rotatable bonds is 4. The third-order valence-corrected chi connectivity index (χ3v) is 2.75. The molecule has 0 saturated carbocycles. The summed E-state index contributed by atoms with van der Waals surface area (Å²) in [5.74, 6) is -1.48. The molecule has 112 valence electrons. The lowest BCUT2D eigenvalue weighted by Crippen LogP contribution is -2.39. The second-order valence-electron chi connectivity index (χ2n) is 3.73. The summed E-state index contributed by atoms with van der Waals surface area (Å²) >= 11 is 11.7. The van der Waals surface area contributed by atoms with Crippen LogP contribution < -0.4 is 10.6 Å². The number of carbonyl (C=O) groups excluding carboxylic acids is 3. The Morgan fingerprint density at radius 2 is 2.00 bits per heavy atom. The summed E-state index contributed by atoms with van der Waals surface area (Å²) in [6, 6.07) is 4.10. The molecule has 0 saturated heterocycles. The number of benzene rings is 1. The Balaban J connectivity index is 2.48. The van der Waals surface area contributed by atoms with Crippen LogP contribution in [0.15, 0.2) is 24.3 Å². The van der Waals surface area contributed by atoms with Crippen molar-refractivity contribution in [2.75, 3.05) is 13.7 Å². The maximum Gasteiger partial charge on any atom is 0.331 e. The van der Waals surface area contributed by atoms with Gasteiger partial charge >= 0.3 is 12.0 Å². The molecular weight excluding hydrogens is 319 g/mol. The van der Waals surface area contributed by atoms with Gasteiger partial charge in [-0.25, -0.2) is 9.59 Å². The molecule has 0 bridgehead atoms. The molecule has 0 fully saturated rings. The molecular formula is C13H12Cl2N2O4. The van der Waals surface area contributed by atoms with Crippen LogP contribution in [0.2, 0.25) is 10.0 Å². The lowest BCUT2D eigenvalue weighted by atomic mass is 10.2. The molecule has 0 heterocycles. The van der Waals surface area contributed by atoms with Gasteiger partial charge < -0.3 is 10.1 Å². The number of imide groups is 1. The normalized spacial score (nSPS) is 10.2. The number of carbonyl (C=O) groups is 3. The van der Waals surface area contributed by atoms with Gasteiger partial charge in [-0.05, 0) is 23.8 Å². The second kappa shape index (κ2) is 8.28. The maximum atomic E-state index is 11.4. The van der Waals surface area contributed by atoms with Gasteiger partial charge in [0.2, 0.25) is 0 Å². The van der Waals surface area contributed by atoms with E-state index in [0.29, 0.717) is 15.6 Å². The average molecular weight is 331 g/mol. The van der Waals surface area contributed by atoms with Gasteiger partial charge in [0.25, 0.3) is 5.91 Å². The molecule has 0 aromatic heterocycles. The number of halogens is 2. The summed E-state index contributed by atoms with van der Waals surface area (Å²) in [7, 11) is 1.35. The van der Waals surface area contributed by atoms with E-state index in [4.69, 9.17) is 23.2 Å². The van der Waals surface area contributed by atoms with Crippen LogP contribution in [0.1, 0.15) is 5.56 Å². The summed E-state index contributed by atoms with van der Waals surface area (Å²) in [5.41, 5.74) is 0.577. The summed E-state index contributed by atoms with van der Waals surface area (Å²) < 4.78 is 4.65. The van der Waals surface area contributed by atoms with Crippen LogP contribution >= 0.6 is 23.2 Å². The predicted molar refractivity (Wildman–Crippen MR) is 79.1 cm³/mol. The fraction of sp³-hybridized carbons (Fsp3) is 0.154. The van der Waals surface area contributed by atoms with Crippen LogP contribution in [0.3, 0.4) is 0 Å². The van der Waals surface area contributed by atoms with Gasteiger partial charge in [-0.1, -0.05) is 29.3 Å². The molecule has 0 aliphatic carbocycles. The largest absolute Gasteiger partial charge is 0.452 e. The van der Waals surface area contributed by atoms with Crippen LogP contribution in [-0.4, -0.2) is 31.6 Å². The van der Waals surface area contributed by atoms with Gasteiger partial charge in [-0.2, -0.15) is 0 Å². The topological polar surface area (TPSA) is 84.5 Å². The summed E-state index contributed by atoms with van der Waals surface area (Å²) in [6.45, 7) is -0.565. The number of nitrogens with one attached hydrogen (secondary N) is 2. The Hall–Kier alpha value is -2.05. The maximum absolute atomic E-state index is 11.4. The van der Waals surface area contributed by atoms with Crippen molar-refractivity contribution in [1.29, 1.82) is 0 Å². The van der Waals surface area contributed by atoms with E-state index >= 15 is 0 Å². The number of esters is 1. The monoisotopic (exact) mass is 330 g/mol. The van der Waals surface area contributed by atoms with Gasteiger partial charge in [-0.15, -0.1) is 0 Å². The molecule has 6 nitrogen and oxygen atoms in total. The molecule has 2 N–H and O–H groups in total. The molecule has 1 rings (SSSR count). The molecule has 3 amide bonds. The second-order valence-corrected chi connectivity index (χ2v) is 4.58. The fourth-order valence-corrected chi connectivity index (χ4v) is 1.68. The van der Waals surface area contributed by atoms with E-state index < -0.39 is 24.5 Å². The minimum absolute atomic E-state index is 0.379. The van der Waals surface area contributed by atoms with Crippen molar-refractivity contribution >= 4 is 47.2 Å². The Kier molecular flexibility index (Phi) is 6.71. The number of hydrogen-bond acceptors (Lipinski definition) is 4. The molecule has 0 spiro atoms. The van der Waals surface area contributed by atoms with Gasteiger partial charge in [0, 0.05) is 23.2 Å². The summed E-state index contributed by atoms with van der Waals surface area (Å²) in [4.78, 5) is 33.4. The minimum atomic E-state index is -0.743. The van der Waals surface area contributed by atoms with E-state index in [1.165, 1.54) is 19.2 Å². The smallest absolute Gasteiger partial charge is 0.331 e. The summed E-state index contributed by atoms with van der Waals surface area (Å²) in [5, 5.41) is 4.99. The van der Waals surface area contributed by atoms with Crippen molar-refractivity contribution in [3.8, 4) is 0 Å². The van der Waals surface area contributed by atoms with Crippen molar-refractivity contribution in [2.24, 2.45) is 0 Å². The SMILES string of the molecule is CNC(=O)NC(=O)COC(=O)/C=C/c1ccc(Cl)cc1Cl. The van der Waals surface area contributed by atoms with E-state index in [1.807, 2.05) is 5.32 Å². The van der Waals surface area contributed by atoms with Crippen LogP contribution in [0.4, 0.5) is 4.79 Å². The minimum Gasteiger partial charge on any atom is -0.452 e. The molecule has 0 unspecified atom stereocenters. The molecule has 1 aromatic rings. The van der Waals surface area contributed by atoms with Gasteiger partial charge in [0.1, 0.15) is 0 Å². The van der Waals surface area contributed by atoms with Crippen molar-refractivity contribution in [3.63, 3.8) is 0 Å². The average Bonchev–Trinajstić information content (AvgIpc) is 2.44. The Morgan fingerprint density at radius 3 is 2.62 bits per heavy atom. The highest BCUT2D eigenvalue weighted by atomic mass is 35.5. The van der Waals surface area contributed by atoms with Crippen molar-refractivity contribution < 1.29 is 19.1 Å². The Morgan fingerprint density at radius 1 is 1.29 bits per heavy atom. The van der Waals surface area contributed by atoms with Crippen LogP contribution in [-0.2, 0) is 14.3 Å². The highest BCUT2D eigenvalue weighted by Crippen LogP contribution is 2.21. The third-order valence-electron chi connectivity index (χ3n) is 2.19. The van der Waals surface area contributed by atoms with Crippen molar-refractivity contribution in [3.05, 3.63) is 39.9 Å². The Labute approximate surface area is 131 Å². The molecule has 1 aromatic carbocycles. The number of urea groups is 1. The predicted octanol–water partition coefficient (Wildman–Crippen LogP) is 2.01.